The highest BCUT2D eigenvalue weighted by atomic mass is 19.1. The van der Waals surface area contributed by atoms with Crippen molar-refractivity contribution in [3.05, 3.63) is 59.4 Å². The van der Waals surface area contributed by atoms with E-state index < -0.39 is 0 Å². The second-order valence-electron chi connectivity index (χ2n) is 4.61. The van der Waals surface area contributed by atoms with E-state index in [-0.39, 0.29) is 18.3 Å². The van der Waals surface area contributed by atoms with Gasteiger partial charge in [0.25, 0.3) is 5.91 Å². The van der Waals surface area contributed by atoms with Gasteiger partial charge in [-0.05, 0) is 55.3 Å². The standard InChI is InChI=1S/C16H16FNO2/c1-11-4-3-5-14(8-11)20-10-16(19)18-15-7-6-13(17)9-12(15)2/h3-9H,10H2,1-2H3,(H,18,19). The molecule has 2 rings (SSSR count). The summed E-state index contributed by atoms with van der Waals surface area (Å²) in [5.41, 5.74) is 2.33. The van der Waals surface area contributed by atoms with Crippen LogP contribution in [0.15, 0.2) is 42.5 Å². The van der Waals surface area contributed by atoms with Crippen LogP contribution in [0.3, 0.4) is 0 Å². The molecule has 2 aromatic carbocycles. The minimum Gasteiger partial charge on any atom is -0.484 e. The van der Waals surface area contributed by atoms with Crippen LogP contribution < -0.4 is 10.1 Å². The smallest absolute Gasteiger partial charge is 0.262 e. The summed E-state index contributed by atoms with van der Waals surface area (Å²) in [4.78, 5) is 11.8. The van der Waals surface area contributed by atoms with Gasteiger partial charge in [-0.3, -0.25) is 4.79 Å². The summed E-state index contributed by atoms with van der Waals surface area (Å²) in [6, 6.07) is 11.7. The first kappa shape index (κ1) is 14.1. The summed E-state index contributed by atoms with van der Waals surface area (Å²) in [6.07, 6.45) is 0. The van der Waals surface area contributed by atoms with E-state index in [1.165, 1.54) is 18.2 Å². The molecule has 0 spiro atoms. The molecule has 0 unspecified atom stereocenters. The van der Waals surface area contributed by atoms with Gasteiger partial charge in [-0.2, -0.15) is 0 Å². The van der Waals surface area contributed by atoms with E-state index in [1.54, 1.807) is 13.0 Å². The summed E-state index contributed by atoms with van der Waals surface area (Å²) in [6.45, 7) is 3.61. The lowest BCUT2D eigenvalue weighted by atomic mass is 10.2. The van der Waals surface area contributed by atoms with Crippen LogP contribution in [-0.4, -0.2) is 12.5 Å². The van der Waals surface area contributed by atoms with Gasteiger partial charge < -0.3 is 10.1 Å². The molecule has 20 heavy (non-hydrogen) atoms. The minimum absolute atomic E-state index is 0.0831. The average molecular weight is 273 g/mol. The maximum Gasteiger partial charge on any atom is 0.262 e. The summed E-state index contributed by atoms with van der Waals surface area (Å²) < 4.78 is 18.4. The molecular formula is C16H16FNO2. The molecule has 0 aliphatic rings. The fourth-order valence-electron chi connectivity index (χ4n) is 1.81. The van der Waals surface area contributed by atoms with Gasteiger partial charge in [0.15, 0.2) is 6.61 Å². The topological polar surface area (TPSA) is 38.3 Å². The van der Waals surface area contributed by atoms with Crippen LogP contribution in [0.1, 0.15) is 11.1 Å². The van der Waals surface area contributed by atoms with E-state index in [1.807, 2.05) is 25.1 Å². The quantitative estimate of drug-likeness (QED) is 0.926. The zero-order chi connectivity index (χ0) is 14.5. The van der Waals surface area contributed by atoms with Crippen molar-refractivity contribution in [2.75, 3.05) is 11.9 Å². The van der Waals surface area contributed by atoms with E-state index >= 15 is 0 Å². The summed E-state index contributed by atoms with van der Waals surface area (Å²) in [7, 11) is 0. The summed E-state index contributed by atoms with van der Waals surface area (Å²) in [5, 5.41) is 2.69. The van der Waals surface area contributed by atoms with Crippen molar-refractivity contribution in [1.29, 1.82) is 0 Å². The molecule has 0 heterocycles. The SMILES string of the molecule is Cc1cccc(OCC(=O)Nc2ccc(F)cc2C)c1. The molecule has 0 aliphatic heterocycles. The molecule has 0 fully saturated rings. The Bertz CT molecular complexity index is 626. The average Bonchev–Trinajstić information content (AvgIpc) is 2.40. The van der Waals surface area contributed by atoms with E-state index in [4.69, 9.17) is 4.74 Å². The van der Waals surface area contributed by atoms with Gasteiger partial charge in [0.1, 0.15) is 11.6 Å². The minimum atomic E-state index is -0.323. The zero-order valence-electron chi connectivity index (χ0n) is 11.4. The maximum absolute atomic E-state index is 13.0. The molecule has 4 heteroatoms. The largest absolute Gasteiger partial charge is 0.484 e. The van der Waals surface area contributed by atoms with Crippen molar-refractivity contribution in [3.8, 4) is 5.75 Å². The highest BCUT2D eigenvalue weighted by molar-refractivity contribution is 5.92. The lowest BCUT2D eigenvalue weighted by molar-refractivity contribution is -0.118. The number of hydrogen-bond donors (Lipinski definition) is 1. The second-order valence-corrected chi connectivity index (χ2v) is 4.61. The molecule has 2 aromatic rings. The highest BCUT2D eigenvalue weighted by Crippen LogP contribution is 2.16. The number of aryl methyl sites for hydroxylation is 2. The molecule has 0 bridgehead atoms. The Hall–Kier alpha value is -2.36. The van der Waals surface area contributed by atoms with Crippen molar-refractivity contribution < 1.29 is 13.9 Å². The maximum atomic E-state index is 13.0. The zero-order valence-corrected chi connectivity index (χ0v) is 11.4. The molecule has 0 aromatic heterocycles. The third-order valence-electron chi connectivity index (χ3n) is 2.82. The van der Waals surface area contributed by atoms with E-state index in [9.17, 15) is 9.18 Å². The molecule has 104 valence electrons. The van der Waals surface area contributed by atoms with Gasteiger partial charge in [-0.1, -0.05) is 12.1 Å². The molecule has 1 N–H and O–H groups in total. The molecule has 0 radical (unpaired) electrons. The van der Waals surface area contributed by atoms with Gasteiger partial charge in [-0.25, -0.2) is 4.39 Å². The number of amides is 1. The Labute approximate surface area is 117 Å². The molecular weight excluding hydrogens is 257 g/mol. The predicted octanol–water partition coefficient (Wildman–Crippen LogP) is 3.46. The number of nitrogens with one attached hydrogen (secondary N) is 1. The molecule has 0 aliphatic carbocycles. The second kappa shape index (κ2) is 6.19. The lowest BCUT2D eigenvalue weighted by Gasteiger charge is -2.10. The number of ether oxygens (including phenoxy) is 1. The normalized spacial score (nSPS) is 10.2. The van der Waals surface area contributed by atoms with Crippen molar-refractivity contribution in [2.24, 2.45) is 0 Å². The highest BCUT2D eigenvalue weighted by Gasteiger charge is 2.06. The van der Waals surface area contributed by atoms with Gasteiger partial charge >= 0.3 is 0 Å². The number of rotatable bonds is 4. The Kier molecular flexibility index (Phi) is 4.35. The number of anilines is 1. The van der Waals surface area contributed by atoms with Crippen LogP contribution >= 0.6 is 0 Å². The third-order valence-corrected chi connectivity index (χ3v) is 2.82. The van der Waals surface area contributed by atoms with Crippen LogP contribution in [0.5, 0.6) is 5.75 Å². The third kappa shape index (κ3) is 3.82. The number of carbonyl (C=O) groups is 1. The fraction of sp³-hybridized carbons (Fsp3) is 0.188. The van der Waals surface area contributed by atoms with Crippen LogP contribution in [0, 0.1) is 19.7 Å². The van der Waals surface area contributed by atoms with Crippen molar-refractivity contribution in [1.82, 2.24) is 0 Å². The number of carbonyl (C=O) groups excluding carboxylic acids is 1. The van der Waals surface area contributed by atoms with Gasteiger partial charge in [0.05, 0.1) is 0 Å². The van der Waals surface area contributed by atoms with Gasteiger partial charge in [0.2, 0.25) is 0 Å². The Morgan fingerprint density at radius 2 is 2.00 bits per heavy atom. The van der Waals surface area contributed by atoms with Gasteiger partial charge in [0, 0.05) is 5.69 Å². The van der Waals surface area contributed by atoms with Crippen LogP contribution in [0.25, 0.3) is 0 Å². The fourth-order valence-corrected chi connectivity index (χ4v) is 1.81. The molecule has 0 atom stereocenters. The molecule has 3 nitrogen and oxygen atoms in total. The first-order valence-corrected chi connectivity index (χ1v) is 6.30. The Morgan fingerprint density at radius 3 is 2.70 bits per heavy atom. The number of benzene rings is 2. The van der Waals surface area contributed by atoms with Crippen molar-refractivity contribution >= 4 is 11.6 Å². The Balaban J connectivity index is 1.92. The number of halogens is 1. The monoisotopic (exact) mass is 273 g/mol. The van der Waals surface area contributed by atoms with Gasteiger partial charge in [-0.15, -0.1) is 0 Å². The molecule has 1 amide bonds. The van der Waals surface area contributed by atoms with E-state index in [0.717, 1.165) is 5.56 Å². The molecule has 0 saturated heterocycles. The van der Waals surface area contributed by atoms with Crippen LogP contribution in [0.4, 0.5) is 10.1 Å². The lowest BCUT2D eigenvalue weighted by Crippen LogP contribution is -2.20. The number of hydrogen-bond acceptors (Lipinski definition) is 2. The first-order chi connectivity index (χ1) is 9.54. The molecule has 0 saturated carbocycles. The van der Waals surface area contributed by atoms with Crippen molar-refractivity contribution in [2.45, 2.75) is 13.8 Å². The summed E-state index contributed by atoms with van der Waals surface area (Å²) in [5.74, 6) is 0.0497. The Morgan fingerprint density at radius 1 is 1.20 bits per heavy atom. The van der Waals surface area contributed by atoms with Crippen molar-refractivity contribution in [3.63, 3.8) is 0 Å². The van der Waals surface area contributed by atoms with Crippen LogP contribution in [-0.2, 0) is 4.79 Å². The van der Waals surface area contributed by atoms with E-state index in [0.29, 0.717) is 17.0 Å². The van der Waals surface area contributed by atoms with E-state index in [2.05, 4.69) is 5.32 Å². The predicted molar refractivity (Wildman–Crippen MR) is 76.4 cm³/mol. The first-order valence-electron chi connectivity index (χ1n) is 6.30. The van der Waals surface area contributed by atoms with Crippen LogP contribution in [0.2, 0.25) is 0 Å². The summed E-state index contributed by atoms with van der Waals surface area (Å²) >= 11 is 0.